The van der Waals surface area contributed by atoms with Crippen molar-refractivity contribution in [3.63, 3.8) is 0 Å². The van der Waals surface area contributed by atoms with E-state index >= 15 is 0 Å². The zero-order valence-corrected chi connectivity index (χ0v) is 12.0. The van der Waals surface area contributed by atoms with Crippen LogP contribution in [0.3, 0.4) is 0 Å². The number of nitrogens with zero attached hydrogens (tertiary/aromatic N) is 1. The average Bonchev–Trinajstić information content (AvgIpc) is 2.86. The molecule has 110 valence electrons. The maximum Gasteiger partial charge on any atom is 0.265 e. The zero-order valence-electron chi connectivity index (χ0n) is 11.1. The van der Waals surface area contributed by atoms with Crippen LogP contribution in [0.4, 0.5) is 10.1 Å². The molecule has 0 saturated heterocycles. The predicted octanol–water partition coefficient (Wildman–Crippen LogP) is 0.968. The molecule has 0 fully saturated rings. The molecule has 0 aliphatic rings. The van der Waals surface area contributed by atoms with Crippen LogP contribution in [0, 0.1) is 24.6 Å². The van der Waals surface area contributed by atoms with E-state index in [2.05, 4.69) is 26.8 Å². The second-order valence-electron chi connectivity index (χ2n) is 4.17. The molecule has 1 aromatic heterocycles. The van der Waals surface area contributed by atoms with Crippen LogP contribution in [0.2, 0.25) is 0 Å². The van der Waals surface area contributed by atoms with Gasteiger partial charge in [0.05, 0.1) is 24.1 Å². The van der Waals surface area contributed by atoms with Gasteiger partial charge in [-0.15, -0.1) is 0 Å². The third kappa shape index (κ3) is 3.39. The lowest BCUT2D eigenvalue weighted by atomic mass is 10.2. The molecular weight excluding hydrogens is 295 g/mol. The number of aromatic nitrogens is 2. The van der Waals surface area contributed by atoms with Gasteiger partial charge in [0.15, 0.2) is 0 Å². The Labute approximate surface area is 121 Å². The summed E-state index contributed by atoms with van der Waals surface area (Å²) in [4.78, 5) is -0.0334. The van der Waals surface area contributed by atoms with Crippen molar-refractivity contribution in [2.24, 2.45) is 5.73 Å². The summed E-state index contributed by atoms with van der Waals surface area (Å²) in [5.41, 5.74) is 5.86. The number of aromatic amines is 1. The normalized spacial score (nSPS) is 10.8. The highest BCUT2D eigenvalue weighted by molar-refractivity contribution is 7.92. The molecule has 0 radical (unpaired) electrons. The van der Waals surface area contributed by atoms with Crippen molar-refractivity contribution in [1.29, 1.82) is 0 Å². The summed E-state index contributed by atoms with van der Waals surface area (Å²) in [7, 11) is -3.89. The molecule has 0 aliphatic heterocycles. The number of H-pyrrole nitrogens is 1. The number of hydrogen-bond acceptors (Lipinski definition) is 4. The number of hydrogen-bond donors (Lipinski definition) is 3. The highest BCUT2D eigenvalue weighted by Crippen LogP contribution is 2.21. The van der Waals surface area contributed by atoms with Gasteiger partial charge in [0, 0.05) is 5.56 Å². The van der Waals surface area contributed by atoms with Crippen LogP contribution in [-0.2, 0) is 10.0 Å². The third-order valence-electron chi connectivity index (χ3n) is 2.62. The third-order valence-corrected chi connectivity index (χ3v) is 4.10. The van der Waals surface area contributed by atoms with E-state index < -0.39 is 15.8 Å². The van der Waals surface area contributed by atoms with E-state index in [4.69, 9.17) is 5.73 Å². The van der Waals surface area contributed by atoms with E-state index in [0.29, 0.717) is 11.3 Å². The number of nitrogens with two attached hydrogens (primary N) is 1. The fourth-order valence-electron chi connectivity index (χ4n) is 1.64. The first-order valence-electron chi connectivity index (χ1n) is 5.95. The van der Waals surface area contributed by atoms with Crippen molar-refractivity contribution < 1.29 is 12.8 Å². The van der Waals surface area contributed by atoms with Crippen molar-refractivity contribution in [3.8, 4) is 11.8 Å². The Morgan fingerprint density at radius 3 is 2.81 bits per heavy atom. The molecule has 2 aromatic rings. The highest BCUT2D eigenvalue weighted by atomic mass is 32.2. The van der Waals surface area contributed by atoms with Gasteiger partial charge >= 0.3 is 0 Å². The number of rotatable bonds is 3. The molecule has 0 atom stereocenters. The van der Waals surface area contributed by atoms with E-state index in [-0.39, 0.29) is 17.1 Å². The minimum Gasteiger partial charge on any atom is -0.320 e. The summed E-state index contributed by atoms with van der Waals surface area (Å²) in [6.45, 7) is 1.72. The molecule has 2 rings (SSSR count). The lowest BCUT2D eigenvalue weighted by Crippen LogP contribution is -2.14. The van der Waals surface area contributed by atoms with Crippen LogP contribution >= 0.6 is 0 Å². The molecule has 21 heavy (non-hydrogen) atoms. The predicted molar refractivity (Wildman–Crippen MR) is 76.5 cm³/mol. The lowest BCUT2D eigenvalue weighted by Gasteiger charge is -2.08. The van der Waals surface area contributed by atoms with Gasteiger partial charge in [-0.3, -0.25) is 9.82 Å². The van der Waals surface area contributed by atoms with Crippen LogP contribution in [0.1, 0.15) is 11.3 Å². The van der Waals surface area contributed by atoms with Crippen molar-refractivity contribution in [2.75, 3.05) is 11.3 Å². The summed E-state index contributed by atoms with van der Waals surface area (Å²) in [5.74, 6) is 4.54. The molecule has 1 heterocycles. The lowest BCUT2D eigenvalue weighted by molar-refractivity contribution is 0.598. The molecular formula is C13H13FN4O2S. The van der Waals surface area contributed by atoms with Gasteiger partial charge in [-0.05, 0) is 25.1 Å². The molecule has 0 aliphatic carbocycles. The molecule has 0 bridgehead atoms. The molecule has 0 spiro atoms. The second kappa shape index (κ2) is 5.95. The van der Waals surface area contributed by atoms with Gasteiger partial charge in [-0.1, -0.05) is 11.8 Å². The van der Waals surface area contributed by atoms with Crippen molar-refractivity contribution >= 4 is 15.7 Å². The summed E-state index contributed by atoms with van der Waals surface area (Å²) in [5, 5.41) is 6.15. The fourth-order valence-corrected chi connectivity index (χ4v) is 2.84. The molecule has 1 aromatic carbocycles. The second-order valence-corrected chi connectivity index (χ2v) is 5.82. The van der Waals surface area contributed by atoms with Crippen molar-refractivity contribution in [3.05, 3.63) is 41.5 Å². The Bertz CT molecular complexity index is 818. The van der Waals surface area contributed by atoms with Crippen LogP contribution in [0.15, 0.2) is 29.3 Å². The first kappa shape index (κ1) is 15.0. The summed E-state index contributed by atoms with van der Waals surface area (Å²) in [6, 6.07) is 3.96. The monoisotopic (exact) mass is 308 g/mol. The van der Waals surface area contributed by atoms with Crippen LogP contribution in [0.25, 0.3) is 0 Å². The average molecular weight is 308 g/mol. The van der Waals surface area contributed by atoms with Crippen molar-refractivity contribution in [1.82, 2.24) is 10.2 Å². The Morgan fingerprint density at radius 2 is 2.24 bits per heavy atom. The Kier molecular flexibility index (Phi) is 4.26. The minimum absolute atomic E-state index is 0.0334. The SMILES string of the molecule is Cc1[nH]ncc1S(=O)(=O)Nc1ccc(C#CCN)cc1F. The van der Waals surface area contributed by atoms with E-state index in [0.717, 1.165) is 12.3 Å². The smallest absolute Gasteiger partial charge is 0.265 e. The van der Waals surface area contributed by atoms with Crippen LogP contribution in [-0.4, -0.2) is 25.2 Å². The van der Waals surface area contributed by atoms with Crippen LogP contribution in [0.5, 0.6) is 0 Å². The standard InChI is InChI=1S/C13H13FN4O2S/c1-9-13(8-16-17-9)21(19,20)18-12-5-4-10(3-2-6-15)7-11(12)14/h4-5,7-8,18H,6,15H2,1H3,(H,16,17). The first-order valence-corrected chi connectivity index (χ1v) is 7.43. The molecule has 6 nitrogen and oxygen atoms in total. The first-order chi connectivity index (χ1) is 9.94. The maximum absolute atomic E-state index is 13.9. The summed E-state index contributed by atoms with van der Waals surface area (Å²) < 4.78 is 40.3. The maximum atomic E-state index is 13.9. The van der Waals surface area contributed by atoms with E-state index in [1.54, 1.807) is 6.92 Å². The number of anilines is 1. The number of nitrogens with one attached hydrogen (secondary N) is 2. The molecule has 0 unspecified atom stereocenters. The molecule has 8 heteroatoms. The molecule has 4 N–H and O–H groups in total. The summed E-state index contributed by atoms with van der Waals surface area (Å²) >= 11 is 0. The van der Waals surface area contributed by atoms with E-state index in [1.807, 2.05) is 0 Å². The van der Waals surface area contributed by atoms with Crippen LogP contribution < -0.4 is 10.5 Å². The van der Waals surface area contributed by atoms with Gasteiger partial charge < -0.3 is 5.73 Å². The number of benzene rings is 1. The minimum atomic E-state index is -3.89. The number of halogens is 1. The molecule has 0 saturated carbocycles. The number of sulfonamides is 1. The highest BCUT2D eigenvalue weighted by Gasteiger charge is 2.20. The Hall–Kier alpha value is -2.37. The Balaban J connectivity index is 2.30. The van der Waals surface area contributed by atoms with Gasteiger partial charge in [-0.25, -0.2) is 12.8 Å². The largest absolute Gasteiger partial charge is 0.320 e. The van der Waals surface area contributed by atoms with Crippen molar-refractivity contribution in [2.45, 2.75) is 11.8 Å². The van der Waals surface area contributed by atoms with Gasteiger partial charge in [0.1, 0.15) is 10.7 Å². The molecule has 0 amide bonds. The topological polar surface area (TPSA) is 101 Å². The van der Waals surface area contributed by atoms with Gasteiger partial charge in [0.25, 0.3) is 10.0 Å². The zero-order chi connectivity index (χ0) is 15.5. The fraction of sp³-hybridized carbons (Fsp3) is 0.154. The van der Waals surface area contributed by atoms with E-state index in [9.17, 15) is 12.8 Å². The Morgan fingerprint density at radius 1 is 1.48 bits per heavy atom. The van der Waals surface area contributed by atoms with Gasteiger partial charge in [-0.2, -0.15) is 5.10 Å². The van der Waals surface area contributed by atoms with E-state index in [1.165, 1.54) is 12.1 Å². The number of aryl methyl sites for hydroxylation is 1. The summed E-state index contributed by atoms with van der Waals surface area (Å²) in [6.07, 6.45) is 1.16. The quantitative estimate of drug-likeness (QED) is 0.735. The van der Waals surface area contributed by atoms with Gasteiger partial charge in [0.2, 0.25) is 0 Å².